The minimum absolute atomic E-state index is 0.0488. The zero-order valence-electron chi connectivity index (χ0n) is 23.4. The van der Waals surface area contributed by atoms with Crippen LogP contribution in [0.1, 0.15) is 44.1 Å². The molecule has 1 atom stereocenters. The van der Waals surface area contributed by atoms with E-state index in [1.807, 2.05) is 0 Å². The van der Waals surface area contributed by atoms with Crippen LogP contribution in [0.4, 0.5) is 13.2 Å². The van der Waals surface area contributed by atoms with Crippen LogP contribution in [0.3, 0.4) is 0 Å². The SMILES string of the molecule is CC(F)(COc1ccc(C2CCN(S(=O)(=O)C3(C(=O)NO)CCN(CCN4CCOCC4)CC3)CC2)cc1)C(F)F. The number of halogens is 3. The van der Waals surface area contributed by atoms with Crippen LogP contribution >= 0.6 is 0 Å². The van der Waals surface area contributed by atoms with Crippen LogP contribution in [0.5, 0.6) is 5.75 Å². The summed E-state index contributed by atoms with van der Waals surface area (Å²) in [4.78, 5) is 17.3. The van der Waals surface area contributed by atoms with E-state index in [-0.39, 0.29) is 37.6 Å². The Kier molecular flexibility index (Phi) is 10.6. The summed E-state index contributed by atoms with van der Waals surface area (Å²) < 4.78 is 77.2. The van der Waals surface area contributed by atoms with Gasteiger partial charge >= 0.3 is 0 Å². The smallest absolute Gasteiger partial charge is 0.275 e. The molecule has 4 rings (SSSR count). The zero-order valence-corrected chi connectivity index (χ0v) is 24.3. The van der Waals surface area contributed by atoms with Crippen LogP contribution in [0, 0.1) is 0 Å². The Morgan fingerprint density at radius 3 is 2.17 bits per heavy atom. The quantitative estimate of drug-likeness (QED) is 0.292. The van der Waals surface area contributed by atoms with E-state index in [0.29, 0.717) is 39.1 Å². The summed E-state index contributed by atoms with van der Waals surface area (Å²) in [6.45, 7) is 6.10. The number of amides is 1. The maximum atomic E-state index is 13.9. The summed E-state index contributed by atoms with van der Waals surface area (Å²) >= 11 is 0. The molecule has 1 aromatic carbocycles. The molecule has 3 aliphatic heterocycles. The van der Waals surface area contributed by atoms with Gasteiger partial charge in [-0.1, -0.05) is 12.1 Å². The van der Waals surface area contributed by atoms with Crippen molar-refractivity contribution >= 4 is 15.9 Å². The van der Waals surface area contributed by atoms with Gasteiger partial charge in [0.1, 0.15) is 12.4 Å². The van der Waals surface area contributed by atoms with Crippen molar-refractivity contribution in [3.05, 3.63) is 29.8 Å². The minimum atomic E-state index is -4.07. The number of piperidine rings is 2. The number of likely N-dealkylation sites (tertiary alicyclic amines) is 1. The van der Waals surface area contributed by atoms with E-state index in [0.717, 1.165) is 38.7 Å². The monoisotopic (exact) mass is 606 g/mol. The second-order valence-electron chi connectivity index (χ2n) is 11.3. The molecule has 41 heavy (non-hydrogen) atoms. The summed E-state index contributed by atoms with van der Waals surface area (Å²) in [6, 6.07) is 6.73. The fourth-order valence-corrected chi connectivity index (χ4v) is 7.91. The van der Waals surface area contributed by atoms with Crippen molar-refractivity contribution in [2.75, 3.05) is 72.2 Å². The highest BCUT2D eigenvalue weighted by molar-refractivity contribution is 7.91. The highest BCUT2D eigenvalue weighted by atomic mass is 32.2. The van der Waals surface area contributed by atoms with Gasteiger partial charge in [0.2, 0.25) is 15.7 Å². The summed E-state index contributed by atoms with van der Waals surface area (Å²) in [5, 5.41) is 9.49. The average Bonchev–Trinajstić information content (AvgIpc) is 2.99. The van der Waals surface area contributed by atoms with Crippen LogP contribution in [0.25, 0.3) is 0 Å². The maximum Gasteiger partial charge on any atom is 0.275 e. The standard InChI is InChI=1S/C27H41F3N4O6S/c1-26(30,24(28)29)20-40-23-4-2-21(3-5-23)22-6-10-34(11-7-22)41(37,38)27(25(35)31-36)8-12-32(13-9-27)14-15-33-16-18-39-19-17-33/h2-5,22,24,36H,6-20H2,1H3,(H,31,35). The lowest BCUT2D eigenvalue weighted by Crippen LogP contribution is -2.62. The molecule has 232 valence electrons. The fraction of sp³-hybridized carbons (Fsp3) is 0.741. The Morgan fingerprint density at radius 2 is 1.63 bits per heavy atom. The molecular formula is C27H41F3N4O6S. The first-order valence-corrected chi connectivity index (χ1v) is 15.6. The van der Waals surface area contributed by atoms with Crippen molar-refractivity contribution in [3.8, 4) is 5.75 Å². The van der Waals surface area contributed by atoms with Gasteiger partial charge in [0, 0.05) is 52.4 Å². The summed E-state index contributed by atoms with van der Waals surface area (Å²) in [5.41, 5.74) is -0.194. The van der Waals surface area contributed by atoms with Gasteiger partial charge in [0.05, 0.1) is 13.2 Å². The van der Waals surface area contributed by atoms with Gasteiger partial charge in [-0.25, -0.2) is 31.4 Å². The molecule has 1 unspecified atom stereocenters. The Hall–Kier alpha value is -1.97. The van der Waals surface area contributed by atoms with E-state index in [1.165, 1.54) is 4.31 Å². The molecule has 1 aromatic rings. The molecule has 0 aromatic heterocycles. The van der Waals surface area contributed by atoms with E-state index < -0.39 is 39.4 Å². The van der Waals surface area contributed by atoms with E-state index in [1.54, 1.807) is 29.7 Å². The number of ether oxygens (including phenoxy) is 2. The second-order valence-corrected chi connectivity index (χ2v) is 13.6. The highest BCUT2D eigenvalue weighted by Gasteiger charge is 2.55. The maximum absolute atomic E-state index is 13.9. The molecule has 3 saturated heterocycles. The normalized spacial score (nSPS) is 23.3. The number of benzene rings is 1. The van der Waals surface area contributed by atoms with Gasteiger partial charge in [0.15, 0.2) is 4.75 Å². The lowest BCUT2D eigenvalue weighted by atomic mass is 9.90. The molecule has 0 radical (unpaired) electrons. The van der Waals surface area contributed by atoms with Gasteiger partial charge < -0.3 is 14.4 Å². The van der Waals surface area contributed by atoms with Gasteiger partial charge in [-0.15, -0.1) is 0 Å². The largest absolute Gasteiger partial charge is 0.490 e. The molecule has 3 fully saturated rings. The Labute approximate surface area is 239 Å². The summed E-state index contributed by atoms with van der Waals surface area (Å²) in [7, 11) is -4.07. The van der Waals surface area contributed by atoms with Crippen LogP contribution in [-0.4, -0.2) is 123 Å². The van der Waals surface area contributed by atoms with E-state index in [9.17, 15) is 31.6 Å². The van der Waals surface area contributed by atoms with Crippen molar-refractivity contribution in [1.82, 2.24) is 19.6 Å². The van der Waals surface area contributed by atoms with Crippen molar-refractivity contribution in [2.24, 2.45) is 0 Å². The third-order valence-electron chi connectivity index (χ3n) is 8.63. The molecule has 10 nitrogen and oxygen atoms in total. The number of hydrogen-bond donors (Lipinski definition) is 2. The van der Waals surface area contributed by atoms with Crippen LogP contribution in [0.2, 0.25) is 0 Å². The van der Waals surface area contributed by atoms with Crippen molar-refractivity contribution < 1.29 is 41.1 Å². The van der Waals surface area contributed by atoms with E-state index in [4.69, 9.17) is 9.47 Å². The Morgan fingerprint density at radius 1 is 1.07 bits per heavy atom. The molecule has 0 bridgehead atoms. The second kappa shape index (κ2) is 13.6. The lowest BCUT2D eigenvalue weighted by molar-refractivity contribution is -0.133. The number of rotatable bonds is 11. The molecule has 3 heterocycles. The topological polar surface area (TPSA) is 112 Å². The number of nitrogens with one attached hydrogen (secondary N) is 1. The zero-order chi connectivity index (χ0) is 29.7. The molecule has 14 heteroatoms. The van der Waals surface area contributed by atoms with Crippen LogP contribution in [-0.2, 0) is 19.6 Å². The highest BCUT2D eigenvalue weighted by Crippen LogP contribution is 2.37. The van der Waals surface area contributed by atoms with Crippen molar-refractivity contribution in [3.63, 3.8) is 0 Å². The van der Waals surface area contributed by atoms with Gasteiger partial charge in [0.25, 0.3) is 12.3 Å². The third-order valence-corrected chi connectivity index (χ3v) is 11.3. The summed E-state index contributed by atoms with van der Waals surface area (Å²) in [5.74, 6) is -0.571. The number of nitrogens with zero attached hydrogens (tertiary/aromatic N) is 3. The average molecular weight is 607 g/mol. The van der Waals surface area contributed by atoms with Gasteiger partial charge in [-0.2, -0.15) is 0 Å². The first-order valence-electron chi connectivity index (χ1n) is 14.1. The van der Waals surface area contributed by atoms with Crippen molar-refractivity contribution in [2.45, 2.75) is 55.4 Å². The van der Waals surface area contributed by atoms with Gasteiger partial charge in [-0.3, -0.25) is 14.9 Å². The predicted octanol–water partition coefficient (Wildman–Crippen LogP) is 2.24. The fourth-order valence-electron chi connectivity index (χ4n) is 5.75. The number of carbonyl (C=O) groups is 1. The number of alkyl halides is 3. The number of hydrogen-bond acceptors (Lipinski definition) is 8. The van der Waals surface area contributed by atoms with E-state index >= 15 is 0 Å². The molecule has 0 spiro atoms. The molecular weight excluding hydrogens is 565 g/mol. The minimum Gasteiger partial charge on any atom is -0.490 e. The van der Waals surface area contributed by atoms with Crippen LogP contribution < -0.4 is 10.2 Å². The number of morpholine rings is 1. The lowest BCUT2D eigenvalue weighted by Gasteiger charge is -2.43. The molecule has 0 saturated carbocycles. The van der Waals surface area contributed by atoms with E-state index in [2.05, 4.69) is 9.80 Å². The van der Waals surface area contributed by atoms with Gasteiger partial charge in [-0.05, 0) is 56.2 Å². The number of sulfonamides is 1. The third kappa shape index (κ3) is 7.34. The Bertz CT molecular complexity index is 1100. The first-order chi connectivity index (χ1) is 19.5. The summed E-state index contributed by atoms with van der Waals surface area (Å²) in [6.07, 6.45) is -1.92. The number of carbonyl (C=O) groups excluding carboxylic acids is 1. The van der Waals surface area contributed by atoms with Crippen LogP contribution in [0.15, 0.2) is 24.3 Å². The molecule has 1 amide bonds. The van der Waals surface area contributed by atoms with Crippen molar-refractivity contribution in [1.29, 1.82) is 0 Å². The Balaban J connectivity index is 1.33. The molecule has 2 N–H and O–H groups in total. The molecule has 3 aliphatic rings. The predicted molar refractivity (Wildman–Crippen MR) is 146 cm³/mol. The first kappa shape index (κ1) is 32.0. The molecule has 0 aliphatic carbocycles. The number of hydroxylamine groups is 1.